The SMILES string of the molecule is C[C@H](CO)N1C[C@H](C)[C@@H](CN(C)Cc2ccc(C(F)(F)F)cc2)Oc2c(NC(=O)CCCCCC(=O)Nc3ccccc3N)cccc2C1=O. The number of hydrogen-bond donors (Lipinski definition) is 4. The average Bonchev–Trinajstić information content (AvgIpc) is 3.07. The van der Waals surface area contributed by atoms with Crippen LogP contribution in [0.25, 0.3) is 0 Å². The van der Waals surface area contributed by atoms with Crippen molar-refractivity contribution in [2.45, 2.75) is 70.8 Å². The first-order chi connectivity index (χ1) is 23.8. The summed E-state index contributed by atoms with van der Waals surface area (Å²) in [6.45, 7) is 4.46. The van der Waals surface area contributed by atoms with Gasteiger partial charge in [0, 0.05) is 38.4 Å². The highest BCUT2D eigenvalue weighted by molar-refractivity contribution is 6.01. The van der Waals surface area contributed by atoms with E-state index in [4.69, 9.17) is 10.5 Å². The number of fused-ring (bicyclic) bond motifs is 1. The number of benzene rings is 3. The van der Waals surface area contributed by atoms with E-state index in [2.05, 4.69) is 10.6 Å². The van der Waals surface area contributed by atoms with Crippen molar-refractivity contribution < 1.29 is 37.4 Å². The number of hydrogen-bond acceptors (Lipinski definition) is 7. The van der Waals surface area contributed by atoms with Crippen LogP contribution in [0.4, 0.5) is 30.2 Å². The molecule has 4 rings (SSSR count). The Kier molecular flexibility index (Phi) is 13.3. The molecule has 13 heteroatoms. The van der Waals surface area contributed by atoms with Crippen LogP contribution in [0.2, 0.25) is 0 Å². The molecule has 0 aromatic heterocycles. The fourth-order valence-corrected chi connectivity index (χ4v) is 5.83. The molecule has 1 aliphatic heterocycles. The number of rotatable bonds is 14. The van der Waals surface area contributed by atoms with Crippen molar-refractivity contribution in [3.63, 3.8) is 0 Å². The van der Waals surface area contributed by atoms with Crippen LogP contribution in [0.1, 0.15) is 67.4 Å². The first-order valence-corrected chi connectivity index (χ1v) is 16.8. The standard InChI is InChI=1S/C37H46F3N5O5/c1-24-20-45(25(2)23-46)36(49)28-10-9-13-31(43-34(48)15-6-4-5-14-33(47)42-30-12-8-7-11-29(30)41)35(28)50-32(24)22-44(3)21-26-16-18-27(19-17-26)37(38,39)40/h7-13,16-19,24-25,32,46H,4-6,14-15,20-23,41H2,1-3H3,(H,42,47)(H,43,48)/t24-,25+,32+/m0/s1. The minimum Gasteiger partial charge on any atom is -0.486 e. The smallest absolute Gasteiger partial charge is 0.416 e. The van der Waals surface area contributed by atoms with Crippen LogP contribution in [-0.4, -0.2) is 71.5 Å². The predicted molar refractivity (Wildman–Crippen MR) is 187 cm³/mol. The van der Waals surface area contributed by atoms with Gasteiger partial charge in [-0.2, -0.15) is 13.2 Å². The van der Waals surface area contributed by atoms with E-state index in [0.29, 0.717) is 61.5 Å². The molecule has 0 fully saturated rings. The number of ether oxygens (including phenoxy) is 1. The number of carbonyl (C=O) groups is 3. The van der Waals surface area contributed by atoms with Gasteiger partial charge in [-0.15, -0.1) is 0 Å². The van der Waals surface area contributed by atoms with Crippen LogP contribution in [-0.2, 0) is 22.3 Å². The third-order valence-electron chi connectivity index (χ3n) is 8.73. The van der Waals surface area contributed by atoms with Gasteiger partial charge >= 0.3 is 6.18 Å². The van der Waals surface area contributed by atoms with Crippen LogP contribution < -0.4 is 21.1 Å². The van der Waals surface area contributed by atoms with E-state index in [0.717, 1.165) is 12.1 Å². The molecule has 0 aliphatic carbocycles. The zero-order valence-electron chi connectivity index (χ0n) is 28.6. The monoisotopic (exact) mass is 697 g/mol. The van der Waals surface area contributed by atoms with Gasteiger partial charge in [-0.05, 0) is 68.8 Å². The van der Waals surface area contributed by atoms with Crippen LogP contribution in [0.5, 0.6) is 5.75 Å². The quantitative estimate of drug-likeness (QED) is 0.117. The molecule has 0 saturated carbocycles. The summed E-state index contributed by atoms with van der Waals surface area (Å²) in [5.74, 6) is -0.762. The van der Waals surface area contributed by atoms with Gasteiger partial charge in [0.15, 0.2) is 5.75 Å². The number of nitrogens with two attached hydrogens (primary N) is 1. The summed E-state index contributed by atoms with van der Waals surface area (Å²) < 4.78 is 45.7. The molecule has 0 radical (unpaired) electrons. The van der Waals surface area contributed by atoms with Gasteiger partial charge in [0.25, 0.3) is 5.91 Å². The van der Waals surface area contributed by atoms with Gasteiger partial charge in [0.05, 0.1) is 40.8 Å². The summed E-state index contributed by atoms with van der Waals surface area (Å²) in [5.41, 5.74) is 7.49. The molecule has 0 bridgehead atoms. The number of para-hydroxylation sites is 3. The Morgan fingerprint density at radius 1 is 0.980 bits per heavy atom. The fraction of sp³-hybridized carbons (Fsp3) is 0.432. The normalized spacial score (nSPS) is 17.0. The molecule has 3 atom stereocenters. The summed E-state index contributed by atoms with van der Waals surface area (Å²) in [7, 11) is 1.83. The number of aliphatic hydroxyl groups is 1. The first-order valence-electron chi connectivity index (χ1n) is 16.8. The number of amides is 3. The van der Waals surface area contributed by atoms with Gasteiger partial charge < -0.3 is 31.1 Å². The fourth-order valence-electron chi connectivity index (χ4n) is 5.83. The van der Waals surface area contributed by atoms with Gasteiger partial charge in [-0.1, -0.05) is 43.7 Å². The molecule has 3 amide bonds. The maximum absolute atomic E-state index is 13.8. The number of nitrogen functional groups attached to an aromatic ring is 1. The number of likely N-dealkylation sites (N-methyl/N-ethyl adjacent to an activating group) is 1. The van der Waals surface area contributed by atoms with Crippen molar-refractivity contribution in [3.8, 4) is 5.75 Å². The number of carbonyl (C=O) groups excluding carboxylic acids is 3. The molecule has 1 aliphatic rings. The molecule has 50 heavy (non-hydrogen) atoms. The van der Waals surface area contributed by atoms with Crippen molar-refractivity contribution >= 4 is 34.8 Å². The Hall–Kier alpha value is -4.62. The van der Waals surface area contributed by atoms with E-state index in [-0.39, 0.29) is 54.4 Å². The lowest BCUT2D eigenvalue weighted by molar-refractivity contribution is -0.137. The maximum Gasteiger partial charge on any atom is 0.416 e. The third-order valence-corrected chi connectivity index (χ3v) is 8.73. The Balaban J connectivity index is 1.42. The van der Waals surface area contributed by atoms with Gasteiger partial charge in [-0.25, -0.2) is 0 Å². The van der Waals surface area contributed by atoms with E-state index >= 15 is 0 Å². The maximum atomic E-state index is 13.8. The van der Waals surface area contributed by atoms with E-state index in [9.17, 15) is 32.7 Å². The lowest BCUT2D eigenvalue weighted by Gasteiger charge is -2.38. The second-order valence-corrected chi connectivity index (χ2v) is 12.9. The molecule has 0 unspecified atom stereocenters. The molecule has 0 spiro atoms. The number of nitrogens with one attached hydrogen (secondary N) is 2. The summed E-state index contributed by atoms with van der Waals surface area (Å²) in [4.78, 5) is 42.7. The van der Waals surface area contributed by atoms with Gasteiger partial charge in [0.1, 0.15) is 6.10 Å². The molecule has 0 saturated heterocycles. The van der Waals surface area contributed by atoms with E-state index in [1.165, 1.54) is 12.1 Å². The number of halogens is 3. The van der Waals surface area contributed by atoms with Crippen LogP contribution in [0.15, 0.2) is 66.7 Å². The summed E-state index contributed by atoms with van der Waals surface area (Å²) in [6, 6.07) is 16.5. The summed E-state index contributed by atoms with van der Waals surface area (Å²) in [6.07, 6.45) is -2.66. The van der Waals surface area contributed by atoms with Crippen molar-refractivity contribution in [1.29, 1.82) is 0 Å². The molecule has 3 aromatic carbocycles. The molecule has 10 nitrogen and oxygen atoms in total. The second-order valence-electron chi connectivity index (χ2n) is 12.9. The zero-order valence-corrected chi connectivity index (χ0v) is 28.6. The van der Waals surface area contributed by atoms with Crippen molar-refractivity contribution in [2.75, 3.05) is 43.1 Å². The van der Waals surface area contributed by atoms with Gasteiger partial charge in [-0.3, -0.25) is 19.3 Å². The number of anilines is 3. The highest BCUT2D eigenvalue weighted by Gasteiger charge is 2.35. The zero-order chi connectivity index (χ0) is 36.4. The highest BCUT2D eigenvalue weighted by atomic mass is 19.4. The highest BCUT2D eigenvalue weighted by Crippen LogP contribution is 2.35. The lowest BCUT2D eigenvalue weighted by atomic mass is 9.98. The van der Waals surface area contributed by atoms with Crippen molar-refractivity contribution in [1.82, 2.24) is 9.80 Å². The molecular formula is C37H46F3N5O5. The second kappa shape index (κ2) is 17.3. The number of unbranched alkanes of at least 4 members (excludes halogenated alkanes) is 2. The number of nitrogens with zero attached hydrogens (tertiary/aromatic N) is 2. The Labute approximate surface area is 290 Å². The van der Waals surface area contributed by atoms with E-state index in [1.807, 2.05) is 18.9 Å². The van der Waals surface area contributed by atoms with Gasteiger partial charge in [0.2, 0.25) is 11.8 Å². The minimum absolute atomic E-state index is 0.157. The topological polar surface area (TPSA) is 137 Å². The summed E-state index contributed by atoms with van der Waals surface area (Å²) in [5, 5.41) is 15.7. The predicted octanol–water partition coefficient (Wildman–Crippen LogP) is 6.17. The lowest BCUT2D eigenvalue weighted by Crippen LogP contribution is -2.49. The third kappa shape index (κ3) is 10.4. The number of aliphatic hydroxyl groups excluding tert-OH is 1. The first kappa shape index (κ1) is 38.2. The Morgan fingerprint density at radius 2 is 1.60 bits per heavy atom. The molecule has 270 valence electrons. The molecule has 3 aromatic rings. The van der Waals surface area contributed by atoms with Crippen LogP contribution in [0.3, 0.4) is 0 Å². The molecular weight excluding hydrogens is 651 g/mol. The van der Waals surface area contributed by atoms with Crippen LogP contribution in [0, 0.1) is 5.92 Å². The number of alkyl halides is 3. The van der Waals surface area contributed by atoms with E-state index in [1.54, 1.807) is 54.3 Å². The van der Waals surface area contributed by atoms with Crippen molar-refractivity contribution in [3.05, 3.63) is 83.4 Å². The average molecular weight is 698 g/mol. The molecule has 1 heterocycles. The van der Waals surface area contributed by atoms with Crippen LogP contribution >= 0.6 is 0 Å². The largest absolute Gasteiger partial charge is 0.486 e. The van der Waals surface area contributed by atoms with E-state index < -0.39 is 23.9 Å². The Morgan fingerprint density at radius 3 is 2.22 bits per heavy atom. The summed E-state index contributed by atoms with van der Waals surface area (Å²) >= 11 is 0. The molecule has 5 N–H and O–H groups in total. The Bertz CT molecular complexity index is 1620. The minimum atomic E-state index is -4.42. The van der Waals surface area contributed by atoms with Crippen molar-refractivity contribution in [2.24, 2.45) is 5.92 Å².